The van der Waals surface area contributed by atoms with E-state index in [-0.39, 0.29) is 24.1 Å². The number of H-pyrrole nitrogens is 1. The van der Waals surface area contributed by atoms with E-state index in [4.69, 9.17) is 0 Å². The highest BCUT2D eigenvalue weighted by Crippen LogP contribution is 2.11. The van der Waals surface area contributed by atoms with Gasteiger partial charge in [-0.05, 0) is 28.4 Å². The molecule has 2 N–H and O–H groups in total. The molecule has 1 unspecified atom stereocenters. The van der Waals surface area contributed by atoms with Crippen LogP contribution in [0.5, 0.6) is 0 Å². The van der Waals surface area contributed by atoms with Crippen molar-refractivity contribution < 1.29 is 4.79 Å². The molecule has 7 heteroatoms. The zero-order valence-corrected chi connectivity index (χ0v) is 12.6. The molecule has 0 aliphatic rings. The molecule has 1 atom stereocenters. The van der Waals surface area contributed by atoms with E-state index in [1.54, 1.807) is 24.7 Å². The van der Waals surface area contributed by atoms with Gasteiger partial charge in [0.2, 0.25) is 5.91 Å². The van der Waals surface area contributed by atoms with Gasteiger partial charge < -0.3 is 14.9 Å². The second-order valence-electron chi connectivity index (χ2n) is 4.32. The van der Waals surface area contributed by atoms with Crippen molar-refractivity contribution in [2.24, 2.45) is 0 Å². The molecule has 0 saturated carbocycles. The predicted octanol–water partition coefficient (Wildman–Crippen LogP) is 1.60. The smallest absolute Gasteiger partial charge is 0.251 e. The van der Waals surface area contributed by atoms with Gasteiger partial charge in [0.05, 0.1) is 6.04 Å². The van der Waals surface area contributed by atoms with E-state index >= 15 is 0 Å². The molecule has 2 rings (SSSR count). The van der Waals surface area contributed by atoms with Crippen LogP contribution in [0.3, 0.4) is 0 Å². The first-order chi connectivity index (χ1) is 9.60. The Kier molecular flexibility index (Phi) is 4.73. The van der Waals surface area contributed by atoms with Gasteiger partial charge in [-0.25, -0.2) is 4.98 Å². The van der Waals surface area contributed by atoms with Crippen LogP contribution >= 0.6 is 15.9 Å². The normalized spacial score (nSPS) is 12.1. The number of pyridine rings is 1. The topological polar surface area (TPSA) is 79.8 Å². The van der Waals surface area contributed by atoms with Crippen molar-refractivity contribution >= 4 is 21.8 Å². The fourth-order valence-corrected chi connectivity index (χ4v) is 2.23. The zero-order valence-electron chi connectivity index (χ0n) is 11.0. The zero-order chi connectivity index (χ0) is 14.5. The molecule has 0 bridgehead atoms. The largest absolute Gasteiger partial charge is 0.347 e. The average molecular weight is 339 g/mol. The lowest BCUT2D eigenvalue weighted by Crippen LogP contribution is -2.34. The molecule has 2 aromatic rings. The Morgan fingerprint density at radius 1 is 1.55 bits per heavy atom. The van der Waals surface area contributed by atoms with Gasteiger partial charge in [-0.2, -0.15) is 0 Å². The number of nitrogens with zero attached hydrogens (tertiary/aromatic N) is 2. The highest BCUT2D eigenvalue weighted by Gasteiger charge is 2.15. The van der Waals surface area contributed by atoms with Gasteiger partial charge in [0.1, 0.15) is 12.4 Å². The van der Waals surface area contributed by atoms with E-state index in [2.05, 4.69) is 31.2 Å². The molecular formula is C13H15BrN4O2. The highest BCUT2D eigenvalue weighted by molar-refractivity contribution is 9.10. The number of rotatable bonds is 5. The van der Waals surface area contributed by atoms with Crippen LogP contribution in [0.25, 0.3) is 0 Å². The van der Waals surface area contributed by atoms with E-state index < -0.39 is 0 Å². The second kappa shape index (κ2) is 6.51. The number of imidazole rings is 1. The minimum absolute atomic E-state index is 0.0184. The number of carbonyl (C=O) groups excluding carboxylic acids is 1. The van der Waals surface area contributed by atoms with Gasteiger partial charge in [0.25, 0.3) is 5.56 Å². The van der Waals surface area contributed by atoms with E-state index in [1.807, 2.05) is 6.92 Å². The van der Waals surface area contributed by atoms with Crippen LogP contribution in [0.4, 0.5) is 0 Å². The van der Waals surface area contributed by atoms with E-state index in [0.717, 1.165) is 4.47 Å². The Bertz CT molecular complexity index is 636. The number of hydrogen-bond donors (Lipinski definition) is 2. The summed E-state index contributed by atoms with van der Waals surface area (Å²) in [4.78, 5) is 30.8. The van der Waals surface area contributed by atoms with Crippen LogP contribution in [0.15, 0.2) is 40.0 Å². The van der Waals surface area contributed by atoms with Crippen LogP contribution in [-0.4, -0.2) is 20.4 Å². The van der Waals surface area contributed by atoms with Gasteiger partial charge in [0, 0.05) is 29.1 Å². The van der Waals surface area contributed by atoms with E-state index in [0.29, 0.717) is 12.2 Å². The first kappa shape index (κ1) is 14.5. The van der Waals surface area contributed by atoms with Crippen molar-refractivity contribution in [1.82, 2.24) is 19.9 Å². The summed E-state index contributed by atoms with van der Waals surface area (Å²) >= 11 is 3.28. The van der Waals surface area contributed by atoms with Crippen LogP contribution in [-0.2, 0) is 11.3 Å². The van der Waals surface area contributed by atoms with Crippen LogP contribution in [0.2, 0.25) is 0 Å². The number of hydrogen-bond acceptors (Lipinski definition) is 3. The van der Waals surface area contributed by atoms with Crippen molar-refractivity contribution in [3.8, 4) is 0 Å². The molecule has 0 aromatic carbocycles. The second-order valence-corrected chi connectivity index (χ2v) is 5.23. The van der Waals surface area contributed by atoms with Crippen molar-refractivity contribution in [2.75, 3.05) is 0 Å². The van der Waals surface area contributed by atoms with Gasteiger partial charge in [0.15, 0.2) is 0 Å². The molecule has 0 aliphatic carbocycles. The molecule has 6 nitrogen and oxygen atoms in total. The average Bonchev–Trinajstić information content (AvgIpc) is 2.94. The summed E-state index contributed by atoms with van der Waals surface area (Å²) < 4.78 is 2.11. The first-order valence-corrected chi connectivity index (χ1v) is 7.04. The number of aromatic amines is 1. The molecule has 1 amide bonds. The molecule has 0 radical (unpaired) electrons. The Labute approximate surface area is 124 Å². The van der Waals surface area contributed by atoms with E-state index in [1.165, 1.54) is 10.6 Å². The Balaban J connectivity index is 2.05. The maximum atomic E-state index is 12.0. The van der Waals surface area contributed by atoms with Gasteiger partial charge >= 0.3 is 0 Å². The molecule has 0 fully saturated rings. The SMILES string of the molecule is CCC(NC(=O)Cn1cc(Br)ccc1=O)c1ncc[nH]1. The fraction of sp³-hybridized carbons (Fsp3) is 0.308. The van der Waals surface area contributed by atoms with Gasteiger partial charge in [-0.1, -0.05) is 6.92 Å². The maximum Gasteiger partial charge on any atom is 0.251 e. The van der Waals surface area contributed by atoms with Crippen molar-refractivity contribution in [2.45, 2.75) is 25.9 Å². The molecule has 2 aromatic heterocycles. The highest BCUT2D eigenvalue weighted by atomic mass is 79.9. The third kappa shape index (κ3) is 3.57. The molecule has 0 aliphatic heterocycles. The number of nitrogens with one attached hydrogen (secondary N) is 2. The lowest BCUT2D eigenvalue weighted by Gasteiger charge is -2.15. The monoisotopic (exact) mass is 338 g/mol. The molecule has 0 spiro atoms. The number of aromatic nitrogens is 3. The number of amides is 1. The third-order valence-corrected chi connectivity index (χ3v) is 3.32. The van der Waals surface area contributed by atoms with Crippen LogP contribution in [0, 0.1) is 0 Å². The lowest BCUT2D eigenvalue weighted by atomic mass is 10.2. The summed E-state index contributed by atoms with van der Waals surface area (Å²) in [6.45, 7) is 1.94. The quantitative estimate of drug-likeness (QED) is 0.868. The van der Waals surface area contributed by atoms with Crippen LogP contribution < -0.4 is 10.9 Å². The third-order valence-electron chi connectivity index (χ3n) is 2.85. The maximum absolute atomic E-state index is 12.0. The molecule has 106 valence electrons. The van der Waals surface area contributed by atoms with E-state index in [9.17, 15) is 9.59 Å². The van der Waals surface area contributed by atoms with Crippen LogP contribution in [0.1, 0.15) is 25.2 Å². The molecule has 2 heterocycles. The van der Waals surface area contributed by atoms with Crippen molar-refractivity contribution in [3.05, 3.63) is 51.4 Å². The van der Waals surface area contributed by atoms with Gasteiger partial charge in [-0.3, -0.25) is 9.59 Å². The minimum atomic E-state index is -0.228. The number of carbonyl (C=O) groups is 1. The first-order valence-electron chi connectivity index (χ1n) is 6.24. The molecular weight excluding hydrogens is 324 g/mol. The van der Waals surface area contributed by atoms with Crippen molar-refractivity contribution in [1.29, 1.82) is 0 Å². The summed E-state index contributed by atoms with van der Waals surface area (Å²) in [7, 11) is 0. The lowest BCUT2D eigenvalue weighted by molar-refractivity contribution is -0.122. The molecule has 20 heavy (non-hydrogen) atoms. The standard InChI is InChI=1S/C13H15BrN4O2/c1-2-10(13-15-5-6-16-13)17-11(19)8-18-7-9(14)3-4-12(18)20/h3-7,10H,2,8H2,1H3,(H,15,16)(H,17,19). The van der Waals surface area contributed by atoms with Crippen molar-refractivity contribution in [3.63, 3.8) is 0 Å². The van der Waals surface area contributed by atoms with Gasteiger partial charge in [-0.15, -0.1) is 0 Å². The minimum Gasteiger partial charge on any atom is -0.347 e. The summed E-state index contributed by atoms with van der Waals surface area (Å²) in [6, 6.07) is 2.88. The Morgan fingerprint density at radius 2 is 2.35 bits per heavy atom. The number of halogens is 1. The summed E-state index contributed by atoms with van der Waals surface area (Å²) in [5.74, 6) is 0.482. The molecule has 0 saturated heterocycles. The Hall–Kier alpha value is -1.89. The Morgan fingerprint density at radius 3 is 3.00 bits per heavy atom. The summed E-state index contributed by atoms with van der Waals surface area (Å²) in [5, 5.41) is 2.86. The summed E-state index contributed by atoms with van der Waals surface area (Å²) in [5.41, 5.74) is -0.214. The predicted molar refractivity (Wildman–Crippen MR) is 78.2 cm³/mol. The summed E-state index contributed by atoms with van der Waals surface area (Å²) in [6.07, 6.45) is 5.66. The fourth-order valence-electron chi connectivity index (χ4n) is 1.85.